The predicted molar refractivity (Wildman–Crippen MR) is 137 cm³/mol. The molecule has 2 heterocycles. The summed E-state index contributed by atoms with van der Waals surface area (Å²) >= 11 is 0. The maximum absolute atomic E-state index is 12.8. The minimum Gasteiger partial charge on any atom is -0.398 e. The number of nitrogens with zero attached hydrogens (tertiary/aromatic N) is 3. The molecule has 0 aliphatic rings. The number of carbonyl (C=O) groups excluding carboxylic acids is 1. The minimum absolute atomic E-state index is 0.137. The summed E-state index contributed by atoms with van der Waals surface area (Å²) in [5.41, 5.74) is 9.90. The topological polar surface area (TPSA) is 120 Å². The van der Waals surface area contributed by atoms with E-state index in [1.165, 1.54) is 6.20 Å². The Morgan fingerprint density at radius 1 is 1.12 bits per heavy atom. The lowest BCUT2D eigenvalue weighted by atomic mass is 10.0. The smallest absolute Gasteiger partial charge is 0.320 e. The van der Waals surface area contributed by atoms with Crippen molar-refractivity contribution in [2.75, 3.05) is 30.7 Å². The van der Waals surface area contributed by atoms with Gasteiger partial charge in [-0.1, -0.05) is 44.2 Å². The molecular weight excluding hydrogens is 426 g/mol. The fourth-order valence-electron chi connectivity index (χ4n) is 3.77. The van der Waals surface area contributed by atoms with Gasteiger partial charge < -0.3 is 16.0 Å². The van der Waals surface area contributed by atoms with Crippen LogP contribution in [0.1, 0.15) is 48.7 Å². The van der Waals surface area contributed by atoms with E-state index in [4.69, 9.17) is 11.1 Å². The highest BCUT2D eigenvalue weighted by Crippen LogP contribution is 2.20. The van der Waals surface area contributed by atoms with Crippen molar-refractivity contribution in [3.05, 3.63) is 83.3 Å². The third-order valence-electron chi connectivity index (χ3n) is 5.77. The van der Waals surface area contributed by atoms with Gasteiger partial charge in [0.25, 0.3) is 0 Å². The summed E-state index contributed by atoms with van der Waals surface area (Å²) < 4.78 is 0. The number of hydrogen-bond acceptors (Lipinski definition) is 6. The van der Waals surface area contributed by atoms with Gasteiger partial charge in [0.15, 0.2) is 0 Å². The van der Waals surface area contributed by atoms with Gasteiger partial charge in [0, 0.05) is 47.5 Å². The maximum atomic E-state index is 12.8. The Morgan fingerprint density at radius 3 is 2.50 bits per heavy atom. The average molecular weight is 460 g/mol. The highest BCUT2D eigenvalue weighted by Gasteiger charge is 2.17. The molecule has 1 unspecified atom stereocenters. The predicted octanol–water partition coefficient (Wildman–Crippen LogP) is 4.38. The van der Waals surface area contributed by atoms with E-state index in [9.17, 15) is 4.79 Å². The van der Waals surface area contributed by atoms with Crippen molar-refractivity contribution in [1.29, 1.82) is 5.41 Å². The lowest BCUT2D eigenvalue weighted by Gasteiger charge is -2.24. The quantitative estimate of drug-likeness (QED) is 0.335. The van der Waals surface area contributed by atoms with E-state index in [1.54, 1.807) is 18.3 Å². The van der Waals surface area contributed by atoms with Gasteiger partial charge in [-0.15, -0.1) is 0 Å². The van der Waals surface area contributed by atoms with Crippen LogP contribution in [0.15, 0.2) is 60.9 Å². The molecule has 0 aliphatic carbocycles. The summed E-state index contributed by atoms with van der Waals surface area (Å²) in [5, 5.41) is 14.3. The van der Waals surface area contributed by atoms with E-state index < -0.39 is 0 Å². The van der Waals surface area contributed by atoms with Crippen LogP contribution in [-0.2, 0) is 0 Å². The molecule has 0 aliphatic heterocycles. The van der Waals surface area contributed by atoms with Crippen molar-refractivity contribution in [3.63, 3.8) is 0 Å². The zero-order chi connectivity index (χ0) is 24.5. The zero-order valence-corrected chi connectivity index (χ0v) is 20.0. The van der Waals surface area contributed by atoms with Gasteiger partial charge in [-0.25, -0.2) is 9.78 Å². The summed E-state index contributed by atoms with van der Waals surface area (Å²) in [7, 11) is 0. The summed E-state index contributed by atoms with van der Waals surface area (Å²) in [5.74, 6) is 0.327. The van der Waals surface area contributed by atoms with Crippen molar-refractivity contribution < 1.29 is 4.79 Å². The van der Waals surface area contributed by atoms with Gasteiger partial charge in [0.05, 0.1) is 11.8 Å². The van der Waals surface area contributed by atoms with Crippen LogP contribution in [0.25, 0.3) is 0 Å². The Bertz CT molecular complexity index is 1110. The molecule has 178 valence electrons. The molecule has 3 rings (SSSR count). The number of amides is 2. The molecule has 0 radical (unpaired) electrons. The average Bonchev–Trinajstić information content (AvgIpc) is 2.84. The van der Waals surface area contributed by atoms with Crippen LogP contribution in [0.5, 0.6) is 0 Å². The molecule has 0 spiro atoms. The van der Waals surface area contributed by atoms with Crippen LogP contribution in [0, 0.1) is 12.3 Å². The fraction of sp³-hybridized carbons (Fsp3) is 0.308. The van der Waals surface area contributed by atoms with Crippen molar-refractivity contribution in [2.24, 2.45) is 0 Å². The highest BCUT2D eigenvalue weighted by molar-refractivity contribution is 6.13. The molecular formula is C26H33N7O. The molecule has 2 aromatic heterocycles. The van der Waals surface area contributed by atoms with E-state index in [0.717, 1.165) is 37.3 Å². The summed E-state index contributed by atoms with van der Waals surface area (Å²) in [6.07, 6.45) is 3.96. The van der Waals surface area contributed by atoms with Crippen LogP contribution in [0.3, 0.4) is 0 Å². The second kappa shape index (κ2) is 11.9. The van der Waals surface area contributed by atoms with Gasteiger partial charge in [-0.2, -0.15) is 0 Å². The van der Waals surface area contributed by atoms with Crippen LogP contribution in [0.2, 0.25) is 0 Å². The molecule has 3 aromatic rings. The molecule has 8 nitrogen and oxygen atoms in total. The zero-order valence-electron chi connectivity index (χ0n) is 20.0. The second-order valence-corrected chi connectivity index (χ2v) is 8.09. The highest BCUT2D eigenvalue weighted by atomic mass is 16.2. The monoisotopic (exact) mass is 459 g/mol. The number of pyridine rings is 2. The largest absolute Gasteiger partial charge is 0.398 e. The third kappa shape index (κ3) is 6.62. The van der Waals surface area contributed by atoms with Crippen molar-refractivity contribution in [1.82, 2.24) is 20.2 Å². The van der Waals surface area contributed by atoms with Crippen LogP contribution in [0.4, 0.5) is 16.3 Å². The third-order valence-corrected chi connectivity index (χ3v) is 5.77. The standard InChI is InChI=1S/C26H33N7O/c1-4-33(5-2)14-12-23(19-9-7-6-8-10-19)31-26(34)32-24-16-22(27)21(17-30-24)25(28)20-11-13-29-18(3)15-20/h6-11,13,15-17,23,28H,4-5,12,14H2,1-3H3,(H4,27,30,31,32,34). The van der Waals surface area contributed by atoms with Crippen molar-refractivity contribution in [2.45, 2.75) is 33.2 Å². The molecule has 34 heavy (non-hydrogen) atoms. The SMILES string of the molecule is CCN(CC)CCC(NC(=O)Nc1cc(N)c(C(=N)c2ccnc(C)c2)cn1)c1ccccc1. The van der Waals surface area contributed by atoms with Crippen LogP contribution in [-0.4, -0.2) is 46.2 Å². The Kier molecular flexibility index (Phi) is 8.70. The first kappa shape index (κ1) is 24.9. The first-order chi connectivity index (χ1) is 16.4. The summed E-state index contributed by atoms with van der Waals surface area (Å²) in [6, 6.07) is 14.6. The molecule has 0 saturated carbocycles. The lowest BCUT2D eigenvalue weighted by molar-refractivity contribution is 0.243. The normalized spacial score (nSPS) is 11.8. The molecule has 5 N–H and O–H groups in total. The molecule has 1 atom stereocenters. The fourth-order valence-corrected chi connectivity index (χ4v) is 3.77. The first-order valence-electron chi connectivity index (χ1n) is 11.5. The summed E-state index contributed by atoms with van der Waals surface area (Å²) in [4.78, 5) is 23.6. The van der Waals surface area contributed by atoms with Crippen LogP contribution >= 0.6 is 0 Å². The second-order valence-electron chi connectivity index (χ2n) is 8.09. The van der Waals surface area contributed by atoms with Gasteiger partial charge >= 0.3 is 6.03 Å². The number of rotatable bonds is 10. The number of aryl methyl sites for hydroxylation is 1. The molecule has 2 amide bonds. The Hall–Kier alpha value is -3.78. The van der Waals surface area contributed by atoms with E-state index >= 15 is 0 Å². The van der Waals surface area contributed by atoms with Gasteiger partial charge in [0.1, 0.15) is 5.82 Å². The molecule has 8 heteroatoms. The van der Waals surface area contributed by atoms with Crippen LogP contribution < -0.4 is 16.4 Å². The Labute approximate surface area is 201 Å². The first-order valence-corrected chi connectivity index (χ1v) is 11.5. The number of benzene rings is 1. The number of urea groups is 1. The number of aromatic nitrogens is 2. The number of hydrogen-bond donors (Lipinski definition) is 4. The van der Waals surface area contributed by atoms with Gasteiger partial charge in [-0.05, 0) is 44.1 Å². The Balaban J connectivity index is 1.69. The molecule has 1 aromatic carbocycles. The van der Waals surface area contributed by atoms with Gasteiger partial charge in [-0.3, -0.25) is 15.7 Å². The van der Waals surface area contributed by atoms with E-state index in [0.29, 0.717) is 22.6 Å². The number of carbonyl (C=O) groups is 1. The van der Waals surface area contributed by atoms with E-state index in [-0.39, 0.29) is 17.8 Å². The molecule has 0 saturated heterocycles. The van der Waals surface area contributed by atoms with Gasteiger partial charge in [0.2, 0.25) is 0 Å². The Morgan fingerprint density at radius 2 is 1.85 bits per heavy atom. The number of anilines is 2. The van der Waals surface area contributed by atoms with E-state index in [2.05, 4.69) is 39.3 Å². The number of nitrogens with one attached hydrogen (secondary N) is 3. The van der Waals surface area contributed by atoms with Crippen molar-refractivity contribution >= 4 is 23.2 Å². The number of nitrogens with two attached hydrogens (primary N) is 1. The summed E-state index contributed by atoms with van der Waals surface area (Å²) in [6.45, 7) is 8.95. The van der Waals surface area contributed by atoms with Crippen molar-refractivity contribution in [3.8, 4) is 0 Å². The maximum Gasteiger partial charge on any atom is 0.320 e. The lowest BCUT2D eigenvalue weighted by Crippen LogP contribution is -2.35. The minimum atomic E-state index is -0.354. The number of nitrogen functional groups attached to an aromatic ring is 1. The molecule has 0 bridgehead atoms. The van der Waals surface area contributed by atoms with E-state index in [1.807, 2.05) is 43.3 Å². The molecule has 0 fully saturated rings.